The van der Waals surface area contributed by atoms with Crippen molar-refractivity contribution in [1.82, 2.24) is 20.4 Å². The van der Waals surface area contributed by atoms with E-state index in [4.69, 9.17) is 0 Å². The molecule has 0 saturated carbocycles. The third-order valence-corrected chi connectivity index (χ3v) is 4.39. The van der Waals surface area contributed by atoms with Gasteiger partial charge in [-0.15, -0.1) is 24.0 Å². The Morgan fingerprint density at radius 1 is 1.33 bits per heavy atom. The molecule has 1 rings (SSSR count). The van der Waals surface area contributed by atoms with Gasteiger partial charge in [-0.2, -0.15) is 0 Å². The summed E-state index contributed by atoms with van der Waals surface area (Å²) in [5.41, 5.74) is 0. The maximum atomic E-state index is 12.0. The highest BCUT2D eigenvalue weighted by Gasteiger charge is 2.27. The lowest BCUT2D eigenvalue weighted by molar-refractivity contribution is -0.133. The fraction of sp³-hybridized carbons (Fsp3) is 0.882. The zero-order valence-corrected chi connectivity index (χ0v) is 18.5. The second kappa shape index (κ2) is 11.9. The van der Waals surface area contributed by atoms with Crippen LogP contribution in [0.15, 0.2) is 4.99 Å². The van der Waals surface area contributed by atoms with Gasteiger partial charge < -0.3 is 15.5 Å². The van der Waals surface area contributed by atoms with Crippen molar-refractivity contribution < 1.29 is 4.79 Å². The number of carbonyl (C=O) groups excluding carboxylic acids is 1. The molecule has 0 aliphatic carbocycles. The van der Waals surface area contributed by atoms with Crippen LogP contribution in [0.25, 0.3) is 0 Å². The summed E-state index contributed by atoms with van der Waals surface area (Å²) in [5.74, 6) is 1.14. The van der Waals surface area contributed by atoms with Crippen LogP contribution in [0.5, 0.6) is 0 Å². The first-order valence-corrected chi connectivity index (χ1v) is 8.89. The maximum Gasteiger partial charge on any atom is 0.225 e. The SMILES string of the molecule is CCN(CCNC(=NC)NC1CCN(C(=O)C(C)C)C1)C(C)C.I. The van der Waals surface area contributed by atoms with Gasteiger partial charge in [-0.1, -0.05) is 20.8 Å². The van der Waals surface area contributed by atoms with Crippen molar-refractivity contribution in [3.63, 3.8) is 0 Å². The van der Waals surface area contributed by atoms with E-state index in [1.54, 1.807) is 7.05 Å². The molecule has 2 N–H and O–H groups in total. The predicted octanol–water partition coefficient (Wildman–Crippen LogP) is 1.76. The average Bonchev–Trinajstić information content (AvgIpc) is 2.97. The summed E-state index contributed by atoms with van der Waals surface area (Å²) in [5, 5.41) is 6.81. The quantitative estimate of drug-likeness (QED) is 0.351. The maximum absolute atomic E-state index is 12.0. The summed E-state index contributed by atoms with van der Waals surface area (Å²) >= 11 is 0. The van der Waals surface area contributed by atoms with Crippen LogP contribution in [-0.2, 0) is 4.79 Å². The van der Waals surface area contributed by atoms with Gasteiger partial charge in [0.05, 0.1) is 0 Å². The number of likely N-dealkylation sites (N-methyl/N-ethyl adjacent to an activating group) is 1. The lowest BCUT2D eigenvalue weighted by Crippen LogP contribution is -2.47. The van der Waals surface area contributed by atoms with Gasteiger partial charge in [0, 0.05) is 51.2 Å². The molecule has 0 bridgehead atoms. The van der Waals surface area contributed by atoms with Gasteiger partial charge in [-0.05, 0) is 26.8 Å². The molecule has 0 spiro atoms. The van der Waals surface area contributed by atoms with Crippen LogP contribution in [0, 0.1) is 5.92 Å². The Morgan fingerprint density at radius 3 is 2.50 bits per heavy atom. The van der Waals surface area contributed by atoms with Crippen molar-refractivity contribution in [1.29, 1.82) is 0 Å². The molecule has 1 unspecified atom stereocenters. The Labute approximate surface area is 164 Å². The topological polar surface area (TPSA) is 60.0 Å². The first-order chi connectivity index (χ1) is 10.9. The van der Waals surface area contributed by atoms with E-state index in [1.165, 1.54) is 0 Å². The zero-order valence-electron chi connectivity index (χ0n) is 16.1. The molecule has 7 heteroatoms. The molecule has 142 valence electrons. The Hall–Kier alpha value is -0.570. The summed E-state index contributed by atoms with van der Waals surface area (Å²) in [4.78, 5) is 20.7. The molecule has 1 aliphatic heterocycles. The van der Waals surface area contributed by atoms with Crippen LogP contribution < -0.4 is 10.6 Å². The van der Waals surface area contributed by atoms with Gasteiger partial charge in [0.1, 0.15) is 0 Å². The van der Waals surface area contributed by atoms with Crippen molar-refractivity contribution >= 4 is 35.8 Å². The Balaban J connectivity index is 0.00000529. The number of hydrogen-bond donors (Lipinski definition) is 2. The lowest BCUT2D eigenvalue weighted by atomic mass is 10.2. The van der Waals surface area contributed by atoms with Gasteiger partial charge in [0.15, 0.2) is 5.96 Å². The smallest absolute Gasteiger partial charge is 0.225 e. The van der Waals surface area contributed by atoms with E-state index >= 15 is 0 Å². The molecule has 1 atom stereocenters. The second-order valence-electron chi connectivity index (χ2n) is 6.79. The van der Waals surface area contributed by atoms with Gasteiger partial charge >= 0.3 is 0 Å². The van der Waals surface area contributed by atoms with E-state index in [9.17, 15) is 4.79 Å². The molecular weight excluding hydrogens is 417 g/mol. The number of rotatable bonds is 7. The largest absolute Gasteiger partial charge is 0.355 e. The first kappa shape index (κ1) is 23.4. The van der Waals surface area contributed by atoms with E-state index in [2.05, 4.69) is 41.3 Å². The van der Waals surface area contributed by atoms with Gasteiger partial charge in [-0.3, -0.25) is 14.7 Å². The van der Waals surface area contributed by atoms with Gasteiger partial charge in [0.25, 0.3) is 0 Å². The minimum absolute atomic E-state index is 0. The highest BCUT2D eigenvalue weighted by Crippen LogP contribution is 2.12. The third kappa shape index (κ3) is 7.55. The van der Waals surface area contributed by atoms with Crippen LogP contribution >= 0.6 is 24.0 Å². The Bertz CT molecular complexity index is 400. The molecule has 1 fully saturated rings. The molecule has 1 aliphatic rings. The highest BCUT2D eigenvalue weighted by atomic mass is 127. The molecular formula is C17H36IN5O. The monoisotopic (exact) mass is 453 g/mol. The molecule has 1 saturated heterocycles. The standard InChI is InChI=1S/C17H35N5O.HI/c1-7-21(14(4)5)11-9-19-17(18-6)20-15-8-10-22(12-15)16(23)13(2)3;/h13-15H,7-12H2,1-6H3,(H2,18,19,20);1H. The van der Waals surface area contributed by atoms with E-state index in [0.29, 0.717) is 6.04 Å². The molecule has 0 aromatic carbocycles. The number of aliphatic imine (C=N–C) groups is 1. The average molecular weight is 453 g/mol. The Kier molecular flexibility index (Phi) is 11.6. The van der Waals surface area contributed by atoms with E-state index in [1.807, 2.05) is 18.7 Å². The van der Waals surface area contributed by atoms with Gasteiger partial charge in [-0.25, -0.2) is 0 Å². The zero-order chi connectivity index (χ0) is 17.4. The normalized spacial score (nSPS) is 18.3. The number of likely N-dealkylation sites (tertiary alicyclic amines) is 1. The summed E-state index contributed by atoms with van der Waals surface area (Å²) < 4.78 is 0. The van der Waals surface area contributed by atoms with Crippen LogP contribution in [0.3, 0.4) is 0 Å². The molecule has 0 aromatic heterocycles. The number of hydrogen-bond acceptors (Lipinski definition) is 3. The number of halogens is 1. The molecule has 0 radical (unpaired) electrons. The van der Waals surface area contributed by atoms with E-state index in [0.717, 1.165) is 45.1 Å². The minimum Gasteiger partial charge on any atom is -0.355 e. The predicted molar refractivity (Wildman–Crippen MR) is 112 cm³/mol. The van der Waals surface area contributed by atoms with Crippen LogP contribution in [0.2, 0.25) is 0 Å². The molecule has 1 heterocycles. The van der Waals surface area contributed by atoms with Crippen molar-refractivity contribution in [2.75, 3.05) is 39.8 Å². The fourth-order valence-electron chi connectivity index (χ4n) is 2.93. The van der Waals surface area contributed by atoms with Crippen LogP contribution in [0.1, 0.15) is 41.0 Å². The third-order valence-electron chi connectivity index (χ3n) is 4.39. The summed E-state index contributed by atoms with van der Waals surface area (Å²) in [6.45, 7) is 15.1. The molecule has 6 nitrogen and oxygen atoms in total. The summed E-state index contributed by atoms with van der Waals surface area (Å²) in [6.07, 6.45) is 0.978. The summed E-state index contributed by atoms with van der Waals surface area (Å²) in [7, 11) is 1.79. The van der Waals surface area contributed by atoms with Crippen molar-refractivity contribution in [2.45, 2.75) is 53.1 Å². The fourth-order valence-corrected chi connectivity index (χ4v) is 2.93. The highest BCUT2D eigenvalue weighted by molar-refractivity contribution is 14.0. The van der Waals surface area contributed by atoms with E-state index < -0.39 is 0 Å². The van der Waals surface area contributed by atoms with Crippen LogP contribution in [-0.4, -0.2) is 73.5 Å². The first-order valence-electron chi connectivity index (χ1n) is 8.89. The number of amides is 1. The van der Waals surface area contributed by atoms with Gasteiger partial charge in [0.2, 0.25) is 5.91 Å². The number of guanidine groups is 1. The van der Waals surface area contributed by atoms with Crippen molar-refractivity contribution in [2.24, 2.45) is 10.9 Å². The number of nitrogens with one attached hydrogen (secondary N) is 2. The Morgan fingerprint density at radius 2 is 2.00 bits per heavy atom. The van der Waals surface area contributed by atoms with Crippen LogP contribution in [0.4, 0.5) is 0 Å². The number of nitrogens with zero attached hydrogens (tertiary/aromatic N) is 3. The molecule has 24 heavy (non-hydrogen) atoms. The molecule has 1 amide bonds. The molecule has 0 aromatic rings. The minimum atomic E-state index is 0. The lowest BCUT2D eigenvalue weighted by Gasteiger charge is -2.25. The van der Waals surface area contributed by atoms with Crippen molar-refractivity contribution in [3.8, 4) is 0 Å². The second-order valence-corrected chi connectivity index (χ2v) is 6.79. The number of carbonyl (C=O) groups is 1. The van der Waals surface area contributed by atoms with E-state index in [-0.39, 0.29) is 41.8 Å². The van der Waals surface area contributed by atoms with Crippen molar-refractivity contribution in [3.05, 3.63) is 0 Å². The summed E-state index contributed by atoms with van der Waals surface area (Å²) in [6, 6.07) is 0.846.